The molecule has 0 bridgehead atoms. The van der Waals surface area contributed by atoms with Crippen LogP contribution in [0.4, 0.5) is 17.1 Å². The Hall–Kier alpha value is -4.33. The van der Waals surface area contributed by atoms with Gasteiger partial charge in [-0.1, -0.05) is 48.5 Å². The van der Waals surface area contributed by atoms with Gasteiger partial charge in [0.25, 0.3) is 11.6 Å². The number of carbonyl (C=O) groups is 1. The van der Waals surface area contributed by atoms with Crippen LogP contribution in [0.5, 0.6) is 0 Å². The van der Waals surface area contributed by atoms with Crippen molar-refractivity contribution in [1.29, 1.82) is 0 Å². The van der Waals surface area contributed by atoms with Crippen molar-refractivity contribution in [1.82, 2.24) is 4.90 Å². The van der Waals surface area contributed by atoms with Crippen molar-refractivity contribution in [2.45, 2.75) is 13.0 Å². The second-order valence-electron chi connectivity index (χ2n) is 8.66. The Morgan fingerprint density at radius 3 is 2.40 bits per heavy atom. The first kappa shape index (κ1) is 22.5. The van der Waals surface area contributed by atoms with Crippen LogP contribution in [0, 0.1) is 10.1 Å². The van der Waals surface area contributed by atoms with Gasteiger partial charge in [-0.3, -0.25) is 14.9 Å². The van der Waals surface area contributed by atoms with Gasteiger partial charge in [0, 0.05) is 49.4 Å². The third kappa shape index (κ3) is 4.68. The monoisotopic (exact) mass is 470 g/mol. The van der Waals surface area contributed by atoms with Crippen molar-refractivity contribution in [2.24, 2.45) is 0 Å². The number of nitrogens with zero attached hydrogens (tertiary/aromatic N) is 3. The standard InChI is InChI=1S/C27H26N4O4/c1-19(20-7-3-2-4-8-20)28-23-18-22(11-12-24(23)31(33)34)29-13-15-30(16-14-29)27(32)26-17-21-9-5-6-10-25(21)35-26/h2-12,17-19,28H,13-16H2,1H3/t19-/m1/s1. The summed E-state index contributed by atoms with van der Waals surface area (Å²) in [4.78, 5) is 28.2. The molecule has 1 fully saturated rings. The minimum absolute atomic E-state index is 0.0373. The maximum absolute atomic E-state index is 13.0. The minimum atomic E-state index is -0.367. The van der Waals surface area contributed by atoms with E-state index in [1.807, 2.05) is 67.6 Å². The maximum Gasteiger partial charge on any atom is 0.292 e. The number of benzene rings is 3. The van der Waals surface area contributed by atoms with E-state index in [0.29, 0.717) is 43.2 Å². The van der Waals surface area contributed by atoms with Crippen LogP contribution in [0.3, 0.4) is 0 Å². The molecule has 0 saturated carbocycles. The molecule has 1 N–H and O–H groups in total. The fourth-order valence-corrected chi connectivity index (χ4v) is 4.46. The molecule has 3 aromatic carbocycles. The molecule has 0 radical (unpaired) electrons. The van der Waals surface area contributed by atoms with Gasteiger partial charge < -0.3 is 19.5 Å². The number of furan rings is 1. The first-order valence-electron chi connectivity index (χ1n) is 11.6. The van der Waals surface area contributed by atoms with Gasteiger partial charge >= 0.3 is 0 Å². The number of nitro groups is 1. The predicted molar refractivity (Wildman–Crippen MR) is 136 cm³/mol. The van der Waals surface area contributed by atoms with Crippen molar-refractivity contribution in [3.63, 3.8) is 0 Å². The van der Waals surface area contributed by atoms with Gasteiger partial charge in [0.15, 0.2) is 5.76 Å². The average molecular weight is 471 g/mol. The van der Waals surface area contributed by atoms with Crippen molar-refractivity contribution in [3.05, 3.63) is 100 Å². The maximum atomic E-state index is 13.0. The molecule has 1 aliphatic heterocycles. The van der Waals surface area contributed by atoms with Crippen molar-refractivity contribution < 1.29 is 14.1 Å². The summed E-state index contributed by atoms with van der Waals surface area (Å²) >= 11 is 0. The number of anilines is 2. The number of amides is 1. The summed E-state index contributed by atoms with van der Waals surface area (Å²) in [6.45, 7) is 4.30. The van der Waals surface area contributed by atoms with Crippen molar-refractivity contribution in [3.8, 4) is 0 Å². The van der Waals surface area contributed by atoms with Crippen LogP contribution in [0.15, 0.2) is 83.3 Å². The molecule has 1 aliphatic rings. The Bertz CT molecular complexity index is 1330. The second-order valence-corrected chi connectivity index (χ2v) is 8.66. The molecule has 1 atom stereocenters. The van der Waals surface area contributed by atoms with Crippen LogP contribution in [-0.4, -0.2) is 41.9 Å². The molecule has 0 aliphatic carbocycles. The Morgan fingerprint density at radius 2 is 1.69 bits per heavy atom. The smallest absolute Gasteiger partial charge is 0.292 e. The summed E-state index contributed by atoms with van der Waals surface area (Å²) in [7, 11) is 0. The molecule has 1 aromatic heterocycles. The molecule has 0 spiro atoms. The summed E-state index contributed by atoms with van der Waals surface area (Å²) in [6.07, 6.45) is 0. The van der Waals surface area contributed by atoms with E-state index in [-0.39, 0.29) is 22.6 Å². The van der Waals surface area contributed by atoms with E-state index in [2.05, 4.69) is 10.2 Å². The van der Waals surface area contributed by atoms with Gasteiger partial charge in [-0.15, -0.1) is 0 Å². The molecule has 178 valence electrons. The highest BCUT2D eigenvalue weighted by Gasteiger charge is 2.26. The Kier molecular flexibility index (Phi) is 6.10. The molecule has 8 nitrogen and oxygen atoms in total. The third-order valence-electron chi connectivity index (χ3n) is 6.42. The van der Waals surface area contributed by atoms with Crippen LogP contribution in [0.1, 0.15) is 29.1 Å². The number of hydrogen-bond acceptors (Lipinski definition) is 6. The number of para-hydroxylation sites is 1. The number of nitro benzene ring substituents is 1. The molecule has 35 heavy (non-hydrogen) atoms. The topological polar surface area (TPSA) is 91.9 Å². The molecule has 1 saturated heterocycles. The van der Waals surface area contributed by atoms with Gasteiger partial charge in [-0.2, -0.15) is 0 Å². The Morgan fingerprint density at radius 1 is 0.971 bits per heavy atom. The van der Waals surface area contributed by atoms with Crippen LogP contribution in [-0.2, 0) is 0 Å². The van der Waals surface area contributed by atoms with Gasteiger partial charge in [-0.05, 0) is 36.8 Å². The highest BCUT2D eigenvalue weighted by molar-refractivity contribution is 5.96. The number of fused-ring (bicyclic) bond motifs is 1. The van der Waals surface area contributed by atoms with E-state index in [0.717, 1.165) is 16.6 Å². The molecule has 8 heteroatoms. The number of carbonyl (C=O) groups excluding carboxylic acids is 1. The first-order valence-corrected chi connectivity index (χ1v) is 11.6. The molecular formula is C27H26N4O4. The van der Waals surface area contributed by atoms with Crippen LogP contribution < -0.4 is 10.2 Å². The quantitative estimate of drug-likeness (QED) is 0.297. The minimum Gasteiger partial charge on any atom is -0.451 e. The summed E-state index contributed by atoms with van der Waals surface area (Å²) in [6, 6.07) is 24.2. The molecule has 5 rings (SSSR count). The van der Waals surface area contributed by atoms with E-state index in [9.17, 15) is 14.9 Å². The lowest BCUT2D eigenvalue weighted by molar-refractivity contribution is -0.384. The molecular weight excluding hydrogens is 444 g/mol. The normalized spacial score (nSPS) is 14.7. The fraction of sp³-hybridized carbons (Fsp3) is 0.222. The molecule has 4 aromatic rings. The largest absolute Gasteiger partial charge is 0.451 e. The highest BCUT2D eigenvalue weighted by Crippen LogP contribution is 2.33. The van der Waals surface area contributed by atoms with Gasteiger partial charge in [-0.25, -0.2) is 0 Å². The van der Waals surface area contributed by atoms with Crippen LogP contribution in [0.2, 0.25) is 0 Å². The number of piperazine rings is 1. The zero-order valence-corrected chi connectivity index (χ0v) is 19.4. The summed E-state index contributed by atoms with van der Waals surface area (Å²) < 4.78 is 5.74. The Labute approximate surface area is 202 Å². The lowest BCUT2D eigenvalue weighted by atomic mass is 10.1. The van der Waals surface area contributed by atoms with Crippen molar-refractivity contribution >= 4 is 33.9 Å². The lowest BCUT2D eigenvalue weighted by Gasteiger charge is -2.36. The van der Waals surface area contributed by atoms with E-state index < -0.39 is 0 Å². The molecule has 2 heterocycles. The van der Waals surface area contributed by atoms with E-state index in [4.69, 9.17) is 4.42 Å². The third-order valence-corrected chi connectivity index (χ3v) is 6.42. The van der Waals surface area contributed by atoms with E-state index in [1.165, 1.54) is 0 Å². The highest BCUT2D eigenvalue weighted by atomic mass is 16.6. The zero-order chi connectivity index (χ0) is 24.4. The number of nitrogens with one attached hydrogen (secondary N) is 1. The average Bonchev–Trinajstić information content (AvgIpc) is 3.33. The molecule has 0 unspecified atom stereocenters. The summed E-state index contributed by atoms with van der Waals surface area (Å²) in [5.74, 6) is 0.222. The fourth-order valence-electron chi connectivity index (χ4n) is 4.46. The second kappa shape index (κ2) is 9.50. The number of hydrogen-bond donors (Lipinski definition) is 1. The number of rotatable bonds is 6. The van der Waals surface area contributed by atoms with Gasteiger partial charge in [0.2, 0.25) is 0 Å². The summed E-state index contributed by atoms with van der Waals surface area (Å²) in [5, 5.41) is 15.9. The lowest BCUT2D eigenvalue weighted by Crippen LogP contribution is -2.48. The Balaban J connectivity index is 1.29. The van der Waals surface area contributed by atoms with Gasteiger partial charge in [0.05, 0.1) is 4.92 Å². The zero-order valence-electron chi connectivity index (χ0n) is 19.4. The van der Waals surface area contributed by atoms with E-state index in [1.54, 1.807) is 23.1 Å². The van der Waals surface area contributed by atoms with Crippen LogP contribution in [0.25, 0.3) is 11.0 Å². The van der Waals surface area contributed by atoms with Gasteiger partial charge in [0.1, 0.15) is 11.3 Å². The predicted octanol–water partition coefficient (Wildman–Crippen LogP) is 5.48. The van der Waals surface area contributed by atoms with Crippen LogP contribution >= 0.6 is 0 Å². The molecule has 1 amide bonds. The van der Waals surface area contributed by atoms with Crippen molar-refractivity contribution in [2.75, 3.05) is 36.4 Å². The van der Waals surface area contributed by atoms with E-state index >= 15 is 0 Å². The first-order chi connectivity index (χ1) is 17.0. The summed E-state index contributed by atoms with van der Waals surface area (Å²) in [5.41, 5.74) is 3.14. The SMILES string of the molecule is C[C@@H](Nc1cc(N2CCN(C(=O)c3cc4ccccc4o3)CC2)ccc1[N+](=O)[O-])c1ccccc1.